The highest BCUT2D eigenvalue weighted by molar-refractivity contribution is 8.14. The summed E-state index contributed by atoms with van der Waals surface area (Å²) in [5, 5.41) is 0.310. The van der Waals surface area contributed by atoms with Gasteiger partial charge in [0.25, 0.3) is 5.24 Å². The predicted molar refractivity (Wildman–Crippen MR) is 104 cm³/mol. The minimum atomic E-state index is -3.69. The quantitative estimate of drug-likeness (QED) is 0.756. The fourth-order valence-electron chi connectivity index (χ4n) is 3.12. The molecule has 0 bridgehead atoms. The van der Waals surface area contributed by atoms with Gasteiger partial charge in [0, 0.05) is 18.1 Å². The van der Waals surface area contributed by atoms with Crippen LogP contribution in [0.25, 0.3) is 11.1 Å². The minimum absolute atomic E-state index is 0.130. The maximum atomic E-state index is 12.9. The van der Waals surface area contributed by atoms with Gasteiger partial charge < -0.3 is 0 Å². The SMILES string of the molecule is O=C1CSC(=O)N1C1CN(S(=O)(=O)c2cccc(-c3ccc(Cl)cc3)c2)C1. The summed E-state index contributed by atoms with van der Waals surface area (Å²) in [6, 6.07) is 13.5. The molecule has 2 fully saturated rings. The van der Waals surface area contributed by atoms with Crippen molar-refractivity contribution in [2.24, 2.45) is 0 Å². The molecule has 140 valence electrons. The molecule has 4 rings (SSSR count). The van der Waals surface area contributed by atoms with Gasteiger partial charge in [-0.15, -0.1) is 0 Å². The van der Waals surface area contributed by atoms with Crippen molar-refractivity contribution < 1.29 is 18.0 Å². The highest BCUT2D eigenvalue weighted by atomic mass is 35.5. The van der Waals surface area contributed by atoms with Crippen LogP contribution in [0, 0.1) is 0 Å². The van der Waals surface area contributed by atoms with Crippen molar-refractivity contribution in [2.45, 2.75) is 10.9 Å². The Bertz CT molecular complexity index is 1000. The number of carbonyl (C=O) groups excluding carboxylic acids is 2. The molecule has 0 unspecified atom stereocenters. The first-order valence-corrected chi connectivity index (χ1v) is 11.0. The fourth-order valence-corrected chi connectivity index (χ4v) is 5.58. The smallest absolute Gasteiger partial charge is 0.273 e. The number of sulfonamides is 1. The summed E-state index contributed by atoms with van der Waals surface area (Å²) in [7, 11) is -3.69. The third-order valence-corrected chi connectivity index (χ3v) is 7.54. The van der Waals surface area contributed by atoms with E-state index in [1.807, 2.05) is 18.2 Å². The monoisotopic (exact) mass is 422 g/mol. The zero-order valence-electron chi connectivity index (χ0n) is 14.0. The Labute approximate surface area is 166 Å². The molecule has 2 aliphatic heterocycles. The summed E-state index contributed by atoms with van der Waals surface area (Å²) in [6.07, 6.45) is 0. The molecular formula is C18H15ClN2O4S2. The number of hydrogen-bond donors (Lipinski definition) is 0. The first kappa shape index (κ1) is 18.5. The van der Waals surface area contributed by atoms with Gasteiger partial charge in [0.1, 0.15) is 0 Å². The lowest BCUT2D eigenvalue weighted by molar-refractivity contribution is -0.127. The molecular weight excluding hydrogens is 408 g/mol. The molecule has 0 saturated carbocycles. The summed E-state index contributed by atoms with van der Waals surface area (Å²) in [4.78, 5) is 24.9. The minimum Gasteiger partial charge on any atom is -0.273 e. The van der Waals surface area contributed by atoms with Gasteiger partial charge in [0.2, 0.25) is 15.9 Å². The van der Waals surface area contributed by atoms with Gasteiger partial charge in [-0.05, 0) is 35.4 Å². The van der Waals surface area contributed by atoms with E-state index in [4.69, 9.17) is 11.6 Å². The van der Waals surface area contributed by atoms with Crippen LogP contribution in [0.3, 0.4) is 0 Å². The number of carbonyl (C=O) groups is 2. The van der Waals surface area contributed by atoms with Crippen LogP contribution >= 0.6 is 23.4 Å². The predicted octanol–water partition coefficient (Wildman–Crippen LogP) is 3.08. The molecule has 0 radical (unpaired) electrons. The Morgan fingerprint density at radius 1 is 1.00 bits per heavy atom. The van der Waals surface area contributed by atoms with Crippen LogP contribution in [-0.4, -0.2) is 53.7 Å². The van der Waals surface area contributed by atoms with E-state index < -0.39 is 10.0 Å². The maximum Gasteiger partial charge on any atom is 0.289 e. The van der Waals surface area contributed by atoms with Gasteiger partial charge in [-0.1, -0.05) is 47.6 Å². The molecule has 6 nitrogen and oxygen atoms in total. The van der Waals surface area contributed by atoms with Crippen molar-refractivity contribution in [3.8, 4) is 11.1 Å². The van der Waals surface area contributed by atoms with E-state index in [1.165, 1.54) is 9.21 Å². The molecule has 2 saturated heterocycles. The zero-order chi connectivity index (χ0) is 19.2. The van der Waals surface area contributed by atoms with Gasteiger partial charge in [0.15, 0.2) is 0 Å². The average molecular weight is 423 g/mol. The summed E-state index contributed by atoms with van der Waals surface area (Å²) < 4.78 is 27.1. The number of benzene rings is 2. The van der Waals surface area contributed by atoms with Gasteiger partial charge >= 0.3 is 0 Å². The molecule has 0 spiro atoms. The van der Waals surface area contributed by atoms with E-state index in [2.05, 4.69) is 0 Å². The van der Waals surface area contributed by atoms with Crippen LogP contribution < -0.4 is 0 Å². The van der Waals surface area contributed by atoms with Crippen molar-refractivity contribution in [2.75, 3.05) is 18.8 Å². The number of amides is 2. The molecule has 0 N–H and O–H groups in total. The van der Waals surface area contributed by atoms with Crippen molar-refractivity contribution in [3.63, 3.8) is 0 Å². The van der Waals surface area contributed by atoms with Crippen LogP contribution in [-0.2, 0) is 14.8 Å². The molecule has 9 heteroatoms. The summed E-state index contributed by atoms with van der Waals surface area (Å²) in [6.45, 7) is 0.261. The van der Waals surface area contributed by atoms with E-state index in [0.29, 0.717) is 5.02 Å². The lowest BCUT2D eigenvalue weighted by Crippen LogP contribution is -2.61. The molecule has 27 heavy (non-hydrogen) atoms. The number of rotatable bonds is 4. The van der Waals surface area contributed by atoms with Crippen LogP contribution in [0.5, 0.6) is 0 Å². The molecule has 0 aromatic heterocycles. The highest BCUT2D eigenvalue weighted by Gasteiger charge is 2.45. The normalized spacial score (nSPS) is 18.8. The standard InChI is InChI=1S/C18H15ClN2O4S2/c19-14-6-4-12(5-7-14)13-2-1-3-16(8-13)27(24,25)20-9-15(10-20)21-17(22)11-26-18(21)23/h1-8,15H,9-11H2. The number of halogens is 1. The molecule has 2 aliphatic rings. The Hall–Kier alpha value is -1.87. The molecule has 2 aromatic rings. The third kappa shape index (κ3) is 3.38. The van der Waals surface area contributed by atoms with Crippen LogP contribution in [0.4, 0.5) is 4.79 Å². The maximum absolute atomic E-state index is 12.9. The average Bonchev–Trinajstić information content (AvgIpc) is 2.94. The van der Waals surface area contributed by atoms with Crippen LogP contribution in [0.1, 0.15) is 0 Å². The lowest BCUT2D eigenvalue weighted by Gasteiger charge is -2.41. The number of thioether (sulfide) groups is 1. The third-order valence-electron chi connectivity index (χ3n) is 4.63. The second-order valence-corrected chi connectivity index (χ2v) is 9.63. The number of hydrogen-bond acceptors (Lipinski definition) is 5. The molecule has 0 aliphatic carbocycles. The van der Waals surface area contributed by atoms with E-state index in [0.717, 1.165) is 22.9 Å². The van der Waals surface area contributed by atoms with Gasteiger partial charge in [-0.3, -0.25) is 14.5 Å². The van der Waals surface area contributed by atoms with Crippen molar-refractivity contribution >= 4 is 44.5 Å². The second-order valence-electron chi connectivity index (χ2n) is 6.33. The Balaban J connectivity index is 1.53. The zero-order valence-corrected chi connectivity index (χ0v) is 16.4. The van der Waals surface area contributed by atoms with E-state index >= 15 is 0 Å². The molecule has 2 aromatic carbocycles. The lowest BCUT2D eigenvalue weighted by atomic mass is 10.1. The van der Waals surface area contributed by atoms with Gasteiger partial charge in [-0.2, -0.15) is 4.31 Å². The summed E-state index contributed by atoms with van der Waals surface area (Å²) in [5.41, 5.74) is 1.63. The summed E-state index contributed by atoms with van der Waals surface area (Å²) >= 11 is 6.86. The molecule has 2 heterocycles. The van der Waals surface area contributed by atoms with Crippen LogP contribution in [0.2, 0.25) is 5.02 Å². The van der Waals surface area contributed by atoms with Crippen molar-refractivity contribution in [1.29, 1.82) is 0 Å². The first-order valence-electron chi connectivity index (χ1n) is 8.21. The molecule has 0 atom stereocenters. The first-order chi connectivity index (χ1) is 12.9. The van der Waals surface area contributed by atoms with Crippen LogP contribution in [0.15, 0.2) is 53.4 Å². The Morgan fingerprint density at radius 2 is 1.70 bits per heavy atom. The van der Waals surface area contributed by atoms with E-state index in [-0.39, 0.29) is 40.9 Å². The highest BCUT2D eigenvalue weighted by Crippen LogP contribution is 2.31. The molecule has 2 amide bonds. The topological polar surface area (TPSA) is 74.8 Å². The second kappa shape index (κ2) is 6.94. The number of imide groups is 1. The van der Waals surface area contributed by atoms with E-state index in [1.54, 1.807) is 30.3 Å². The van der Waals surface area contributed by atoms with Gasteiger partial charge in [-0.25, -0.2) is 8.42 Å². The van der Waals surface area contributed by atoms with Gasteiger partial charge in [0.05, 0.1) is 16.7 Å². The largest absolute Gasteiger partial charge is 0.289 e. The Morgan fingerprint density at radius 3 is 2.33 bits per heavy atom. The van der Waals surface area contributed by atoms with Crippen molar-refractivity contribution in [1.82, 2.24) is 9.21 Å². The summed E-state index contributed by atoms with van der Waals surface area (Å²) in [5.74, 6) is -0.123. The van der Waals surface area contributed by atoms with Crippen molar-refractivity contribution in [3.05, 3.63) is 53.6 Å². The van der Waals surface area contributed by atoms with E-state index in [9.17, 15) is 18.0 Å². The fraction of sp³-hybridized carbons (Fsp3) is 0.222. The Kier molecular flexibility index (Phi) is 4.75. The number of nitrogens with zero attached hydrogens (tertiary/aromatic N) is 2.